The third-order valence-electron chi connectivity index (χ3n) is 6.32. The summed E-state index contributed by atoms with van der Waals surface area (Å²) in [6.45, 7) is 1.72. The fourth-order valence-electron chi connectivity index (χ4n) is 4.50. The summed E-state index contributed by atoms with van der Waals surface area (Å²) in [7, 11) is 3.89. The summed E-state index contributed by atoms with van der Waals surface area (Å²) in [5.74, 6) is 1.56. The number of benzene rings is 2. The van der Waals surface area contributed by atoms with Gasteiger partial charge in [-0.15, -0.1) is 0 Å². The molecule has 0 unspecified atom stereocenters. The van der Waals surface area contributed by atoms with Crippen molar-refractivity contribution in [3.8, 4) is 22.8 Å². The maximum atomic E-state index is 12.9. The van der Waals surface area contributed by atoms with Crippen molar-refractivity contribution in [2.45, 2.75) is 12.5 Å². The minimum atomic E-state index is -0.373. The molecule has 1 aliphatic rings. The molecule has 1 amide bonds. The largest absolute Gasteiger partial charge is 0.457 e. The monoisotopic (exact) mass is 499 g/mol. The third kappa shape index (κ3) is 5.10. The van der Waals surface area contributed by atoms with Gasteiger partial charge in [-0.25, -0.2) is 5.10 Å². The second kappa shape index (κ2) is 10.3. The minimum absolute atomic E-state index is 0.0508. The van der Waals surface area contributed by atoms with E-state index >= 15 is 0 Å². The van der Waals surface area contributed by atoms with Crippen molar-refractivity contribution in [3.05, 3.63) is 77.1 Å². The van der Waals surface area contributed by atoms with Gasteiger partial charge in [-0.1, -0.05) is 24.3 Å². The molecular weight excluding hydrogens is 470 g/mol. The average molecular weight is 500 g/mol. The predicted molar refractivity (Wildman–Crippen MR) is 142 cm³/mol. The molecule has 1 aliphatic heterocycles. The number of hydrogen-bond donors (Lipinski definition) is 2. The maximum absolute atomic E-state index is 12.9. The van der Waals surface area contributed by atoms with Gasteiger partial charge < -0.3 is 20.3 Å². The first-order valence-electron chi connectivity index (χ1n) is 12.1. The Kier molecular flexibility index (Phi) is 6.74. The third-order valence-corrected chi connectivity index (χ3v) is 6.32. The number of likely N-dealkylation sites (tertiary alicyclic amines) is 1. The number of nitrogens with one attached hydrogen (secondary N) is 1. The number of para-hydroxylation sites is 1. The summed E-state index contributed by atoms with van der Waals surface area (Å²) in [5.41, 5.74) is 7.55. The summed E-state index contributed by atoms with van der Waals surface area (Å²) in [4.78, 5) is 29.3. The van der Waals surface area contributed by atoms with E-state index in [0.29, 0.717) is 48.4 Å². The average Bonchev–Trinajstić information content (AvgIpc) is 3.53. The Morgan fingerprint density at radius 2 is 1.89 bits per heavy atom. The van der Waals surface area contributed by atoms with E-state index in [1.807, 2.05) is 79.7 Å². The number of likely N-dealkylation sites (N-methyl/N-ethyl adjacent to an activating group) is 1. The van der Waals surface area contributed by atoms with Gasteiger partial charge in [0.2, 0.25) is 5.91 Å². The second-order valence-electron chi connectivity index (χ2n) is 9.29. The van der Waals surface area contributed by atoms with Gasteiger partial charge in [0.15, 0.2) is 5.82 Å². The number of hydrogen-bond acceptors (Lipinski definition) is 7. The number of carbonyl (C=O) groups excluding carboxylic acids is 1. The van der Waals surface area contributed by atoms with Crippen LogP contribution in [0.4, 0.5) is 5.82 Å². The molecule has 190 valence electrons. The summed E-state index contributed by atoms with van der Waals surface area (Å²) in [6, 6.07) is 16.8. The Labute approximate surface area is 213 Å². The highest BCUT2D eigenvalue weighted by atomic mass is 16.5. The molecular formula is C27H29N7O3. The molecule has 0 aliphatic carbocycles. The quantitative estimate of drug-likeness (QED) is 0.375. The highest BCUT2D eigenvalue weighted by molar-refractivity contribution is 5.99. The lowest BCUT2D eigenvalue weighted by Gasteiger charge is -2.15. The lowest BCUT2D eigenvalue weighted by atomic mass is 10.1. The molecule has 0 radical (unpaired) electrons. The number of H-pyrrole nitrogens is 1. The summed E-state index contributed by atoms with van der Waals surface area (Å²) in [5, 5.41) is 11.8. The minimum Gasteiger partial charge on any atom is -0.457 e. The van der Waals surface area contributed by atoms with Crippen molar-refractivity contribution in [2.75, 3.05) is 39.5 Å². The van der Waals surface area contributed by atoms with Gasteiger partial charge in [0.05, 0.1) is 11.4 Å². The number of nitrogens with zero attached hydrogens (tertiary/aromatic N) is 5. The van der Waals surface area contributed by atoms with Gasteiger partial charge in [0.1, 0.15) is 22.7 Å². The fourth-order valence-corrected chi connectivity index (χ4v) is 4.50. The van der Waals surface area contributed by atoms with Crippen LogP contribution < -0.4 is 16.0 Å². The molecule has 1 atom stereocenters. The van der Waals surface area contributed by atoms with Gasteiger partial charge in [-0.2, -0.15) is 10.2 Å². The Hall–Kier alpha value is -4.44. The van der Waals surface area contributed by atoms with Crippen molar-refractivity contribution < 1.29 is 9.53 Å². The number of ether oxygens (including phenoxy) is 1. The lowest BCUT2D eigenvalue weighted by molar-refractivity contribution is -0.125. The topological polar surface area (TPSA) is 122 Å². The molecule has 4 aromatic rings. The first-order valence-corrected chi connectivity index (χ1v) is 12.1. The smallest absolute Gasteiger partial charge is 0.290 e. The van der Waals surface area contributed by atoms with E-state index in [0.717, 1.165) is 11.3 Å². The van der Waals surface area contributed by atoms with Crippen LogP contribution in [0.5, 0.6) is 11.5 Å². The number of amides is 1. The van der Waals surface area contributed by atoms with E-state index in [1.165, 1.54) is 0 Å². The van der Waals surface area contributed by atoms with E-state index in [-0.39, 0.29) is 23.3 Å². The Morgan fingerprint density at radius 1 is 1.16 bits per heavy atom. The standard InChI is InChI=1S/C27H29N7O3/c1-32(2)15-6-9-22(35)33-16-14-19(17-33)34-25-23(26(28)29-30-27(25)36)24(31-34)18-10-12-21(13-11-18)37-20-7-4-3-5-8-20/h3-13,19H,14-17H2,1-2H3,(H2,28,29)(H,30,36)/b9-6+/t19-/m1/s1. The van der Waals surface area contributed by atoms with E-state index in [9.17, 15) is 9.59 Å². The van der Waals surface area contributed by atoms with E-state index < -0.39 is 0 Å². The van der Waals surface area contributed by atoms with Gasteiger partial charge in [-0.3, -0.25) is 14.3 Å². The zero-order chi connectivity index (χ0) is 25.9. The van der Waals surface area contributed by atoms with Gasteiger partial charge in [-0.05, 0) is 56.9 Å². The molecule has 5 rings (SSSR count). The van der Waals surface area contributed by atoms with Crippen molar-refractivity contribution in [2.24, 2.45) is 0 Å². The van der Waals surface area contributed by atoms with Crippen LogP contribution in [0.2, 0.25) is 0 Å². The molecule has 2 aromatic carbocycles. The molecule has 2 aromatic heterocycles. The summed E-state index contributed by atoms with van der Waals surface area (Å²) in [6.07, 6.45) is 4.12. The number of anilines is 1. The molecule has 1 fully saturated rings. The molecule has 0 spiro atoms. The van der Waals surface area contributed by atoms with Crippen LogP contribution in [-0.4, -0.2) is 69.4 Å². The summed E-state index contributed by atoms with van der Waals surface area (Å²) < 4.78 is 7.60. The van der Waals surface area contributed by atoms with Crippen LogP contribution in [0.25, 0.3) is 22.2 Å². The van der Waals surface area contributed by atoms with Crippen LogP contribution in [0.15, 0.2) is 71.5 Å². The number of fused-ring (bicyclic) bond motifs is 1. The SMILES string of the molecule is CN(C)C/C=C/C(=O)N1CC[C@@H](n2nc(-c3ccc(Oc4ccccc4)cc3)c3c(N)n[nH]c(=O)c32)C1. The molecule has 10 nitrogen and oxygen atoms in total. The van der Waals surface area contributed by atoms with Crippen molar-refractivity contribution in [3.63, 3.8) is 0 Å². The Balaban J connectivity index is 1.44. The van der Waals surface area contributed by atoms with E-state index in [2.05, 4.69) is 10.2 Å². The second-order valence-corrected chi connectivity index (χ2v) is 9.29. The van der Waals surface area contributed by atoms with Crippen molar-refractivity contribution in [1.82, 2.24) is 29.8 Å². The summed E-state index contributed by atoms with van der Waals surface area (Å²) >= 11 is 0. The normalized spacial score (nSPS) is 15.8. The number of nitrogens with two attached hydrogens (primary N) is 1. The number of aromatic nitrogens is 4. The Bertz CT molecular complexity index is 1490. The van der Waals surface area contributed by atoms with Crippen LogP contribution in [-0.2, 0) is 4.79 Å². The lowest BCUT2D eigenvalue weighted by Crippen LogP contribution is -2.28. The molecule has 10 heteroatoms. The highest BCUT2D eigenvalue weighted by Gasteiger charge is 2.30. The number of nitrogen functional groups attached to an aromatic ring is 1. The van der Waals surface area contributed by atoms with Crippen molar-refractivity contribution >= 4 is 22.6 Å². The van der Waals surface area contributed by atoms with E-state index in [4.69, 9.17) is 15.6 Å². The van der Waals surface area contributed by atoms with Crippen LogP contribution in [0.1, 0.15) is 12.5 Å². The van der Waals surface area contributed by atoms with E-state index in [1.54, 1.807) is 15.7 Å². The number of rotatable bonds is 7. The molecule has 1 saturated heterocycles. The van der Waals surface area contributed by atoms with Crippen LogP contribution in [0.3, 0.4) is 0 Å². The van der Waals surface area contributed by atoms with Crippen LogP contribution >= 0.6 is 0 Å². The molecule has 37 heavy (non-hydrogen) atoms. The molecule has 3 heterocycles. The first-order chi connectivity index (χ1) is 17.9. The maximum Gasteiger partial charge on any atom is 0.290 e. The van der Waals surface area contributed by atoms with Gasteiger partial charge >= 0.3 is 0 Å². The number of carbonyl (C=O) groups is 1. The molecule has 0 saturated carbocycles. The molecule has 0 bridgehead atoms. The van der Waals surface area contributed by atoms with Crippen LogP contribution in [0, 0.1) is 0 Å². The fraction of sp³-hybridized carbons (Fsp3) is 0.259. The predicted octanol–water partition coefficient (Wildman–Crippen LogP) is 3.05. The Morgan fingerprint density at radius 3 is 2.62 bits per heavy atom. The highest BCUT2D eigenvalue weighted by Crippen LogP contribution is 2.34. The van der Waals surface area contributed by atoms with Crippen molar-refractivity contribution in [1.29, 1.82) is 0 Å². The van der Waals surface area contributed by atoms with Gasteiger partial charge in [0.25, 0.3) is 5.56 Å². The number of aromatic amines is 1. The van der Waals surface area contributed by atoms with Gasteiger partial charge in [0, 0.05) is 31.3 Å². The zero-order valence-corrected chi connectivity index (χ0v) is 20.8. The first kappa shape index (κ1) is 24.3. The zero-order valence-electron chi connectivity index (χ0n) is 20.8. The molecule has 3 N–H and O–H groups in total.